The second-order valence-electron chi connectivity index (χ2n) is 3.15. The van der Waals surface area contributed by atoms with Crippen molar-refractivity contribution in [2.24, 2.45) is 5.10 Å². The maximum Gasteiger partial charge on any atom is 0.278 e. The average Bonchev–Trinajstić information content (AvgIpc) is 2.54. The van der Waals surface area contributed by atoms with Gasteiger partial charge in [-0.3, -0.25) is 4.79 Å². The number of halogens is 1. The highest BCUT2D eigenvalue weighted by molar-refractivity contribution is 6.31. The van der Waals surface area contributed by atoms with Crippen LogP contribution in [0.2, 0.25) is 0 Å². The minimum absolute atomic E-state index is 0.210. The summed E-state index contributed by atoms with van der Waals surface area (Å²) in [7, 11) is 0. The zero-order valence-corrected chi connectivity index (χ0v) is 9.13. The molecule has 0 aromatic heterocycles. The van der Waals surface area contributed by atoms with E-state index in [1.54, 1.807) is 36.4 Å². The molecule has 0 saturated carbocycles. The number of rotatable bonds is 1. The number of hydrogen-bond acceptors (Lipinski definition) is 2. The molecule has 0 radical (unpaired) electrons. The van der Waals surface area contributed by atoms with Crippen LogP contribution >= 0.6 is 11.6 Å². The first kappa shape index (κ1) is 10.6. The van der Waals surface area contributed by atoms with Gasteiger partial charge in [-0.05, 0) is 24.3 Å². The van der Waals surface area contributed by atoms with Crippen LogP contribution in [0.1, 0.15) is 10.4 Å². The molecule has 0 saturated heterocycles. The Morgan fingerprint density at radius 3 is 2.75 bits per heavy atom. The first-order valence-corrected chi connectivity index (χ1v) is 5.12. The number of nitrogens with zero attached hydrogens (tertiary/aromatic N) is 2. The average molecular weight is 233 g/mol. The smallest absolute Gasteiger partial charge is 0.267 e. The van der Waals surface area contributed by atoms with E-state index in [4.69, 9.17) is 11.6 Å². The molecular formula is C12H9ClN2O. The summed E-state index contributed by atoms with van der Waals surface area (Å²) in [5.41, 5.74) is 0.572. The molecule has 1 aromatic carbocycles. The molecule has 0 spiro atoms. The van der Waals surface area contributed by atoms with Crippen LogP contribution < -0.4 is 0 Å². The van der Waals surface area contributed by atoms with E-state index in [1.807, 2.05) is 6.07 Å². The number of allylic oxidation sites excluding steroid dienone is 3. The fourth-order valence-electron chi connectivity index (χ4n) is 1.26. The molecule has 0 aliphatic carbocycles. The zero-order chi connectivity index (χ0) is 11.4. The van der Waals surface area contributed by atoms with Crippen molar-refractivity contribution in [3.63, 3.8) is 0 Å². The van der Waals surface area contributed by atoms with E-state index in [9.17, 15) is 4.79 Å². The Hall–Kier alpha value is -1.87. The van der Waals surface area contributed by atoms with Gasteiger partial charge in [0.1, 0.15) is 0 Å². The maximum absolute atomic E-state index is 12.0. The lowest BCUT2D eigenvalue weighted by molar-refractivity contribution is 0.0826. The highest BCUT2D eigenvalue weighted by atomic mass is 35.5. The Kier molecular flexibility index (Phi) is 3.17. The molecule has 16 heavy (non-hydrogen) atoms. The number of carbonyl (C=O) groups is 1. The summed E-state index contributed by atoms with van der Waals surface area (Å²) in [5.74, 6) is -0.210. The van der Waals surface area contributed by atoms with E-state index in [1.165, 1.54) is 17.4 Å². The molecule has 2 rings (SSSR count). The first-order chi connectivity index (χ1) is 7.77. The van der Waals surface area contributed by atoms with E-state index in [0.717, 1.165) is 0 Å². The maximum atomic E-state index is 12.0. The van der Waals surface area contributed by atoms with Gasteiger partial charge < -0.3 is 0 Å². The van der Waals surface area contributed by atoms with Crippen LogP contribution in [0.3, 0.4) is 0 Å². The molecule has 0 bridgehead atoms. The lowest BCUT2D eigenvalue weighted by atomic mass is 10.2. The number of hydrogen-bond donors (Lipinski definition) is 0. The molecule has 1 aliphatic heterocycles. The molecule has 1 aliphatic rings. The highest BCUT2D eigenvalue weighted by Gasteiger charge is 2.13. The molecule has 0 unspecified atom stereocenters. The summed E-state index contributed by atoms with van der Waals surface area (Å²) >= 11 is 5.85. The van der Waals surface area contributed by atoms with Gasteiger partial charge >= 0.3 is 0 Å². The van der Waals surface area contributed by atoms with E-state index < -0.39 is 0 Å². The van der Waals surface area contributed by atoms with Crippen molar-refractivity contribution >= 4 is 23.7 Å². The Labute approximate surface area is 98.3 Å². The normalized spacial score (nSPS) is 14.6. The summed E-state index contributed by atoms with van der Waals surface area (Å²) in [4.78, 5) is 12.0. The number of benzene rings is 1. The molecule has 1 aromatic rings. The number of amides is 1. The highest BCUT2D eigenvalue weighted by Crippen LogP contribution is 2.12. The third-order valence-corrected chi connectivity index (χ3v) is 2.23. The minimum Gasteiger partial charge on any atom is -0.267 e. The van der Waals surface area contributed by atoms with E-state index in [-0.39, 0.29) is 5.91 Å². The van der Waals surface area contributed by atoms with Gasteiger partial charge in [0.2, 0.25) is 0 Å². The van der Waals surface area contributed by atoms with Gasteiger partial charge in [0.05, 0.1) is 11.2 Å². The molecule has 1 heterocycles. The van der Waals surface area contributed by atoms with Gasteiger partial charge in [-0.2, -0.15) is 5.10 Å². The van der Waals surface area contributed by atoms with Crippen LogP contribution in [-0.2, 0) is 0 Å². The molecule has 4 heteroatoms. The second kappa shape index (κ2) is 4.77. The van der Waals surface area contributed by atoms with Gasteiger partial charge in [-0.15, -0.1) is 0 Å². The molecule has 3 nitrogen and oxygen atoms in total. The van der Waals surface area contributed by atoms with E-state index in [2.05, 4.69) is 5.10 Å². The lowest BCUT2D eigenvalue weighted by Crippen LogP contribution is -2.20. The van der Waals surface area contributed by atoms with Crippen molar-refractivity contribution in [1.29, 1.82) is 0 Å². The van der Waals surface area contributed by atoms with Gasteiger partial charge in [0.15, 0.2) is 0 Å². The van der Waals surface area contributed by atoms with Crippen molar-refractivity contribution in [2.75, 3.05) is 0 Å². The van der Waals surface area contributed by atoms with Crippen molar-refractivity contribution in [3.8, 4) is 0 Å². The van der Waals surface area contributed by atoms with Crippen LogP contribution in [0.15, 0.2) is 58.8 Å². The molecule has 0 N–H and O–H groups in total. The Morgan fingerprint density at radius 1 is 1.25 bits per heavy atom. The topological polar surface area (TPSA) is 32.7 Å². The molecule has 80 valence electrons. The number of carbonyl (C=O) groups excluding carboxylic acids is 1. The number of hydrazone groups is 1. The van der Waals surface area contributed by atoms with Crippen LogP contribution in [0.4, 0.5) is 0 Å². The van der Waals surface area contributed by atoms with Gasteiger partial charge in [0, 0.05) is 11.8 Å². The summed E-state index contributed by atoms with van der Waals surface area (Å²) < 4.78 is 0. The van der Waals surface area contributed by atoms with Crippen LogP contribution in [0.5, 0.6) is 0 Å². The minimum atomic E-state index is -0.210. The third-order valence-electron chi connectivity index (χ3n) is 2.01. The largest absolute Gasteiger partial charge is 0.278 e. The first-order valence-electron chi connectivity index (χ1n) is 4.74. The van der Waals surface area contributed by atoms with Crippen molar-refractivity contribution in [2.45, 2.75) is 0 Å². The van der Waals surface area contributed by atoms with Crippen molar-refractivity contribution in [3.05, 3.63) is 59.3 Å². The van der Waals surface area contributed by atoms with Gasteiger partial charge in [-0.25, -0.2) is 5.01 Å². The molecular weight excluding hydrogens is 224 g/mol. The quantitative estimate of drug-likeness (QED) is 0.733. The zero-order valence-electron chi connectivity index (χ0n) is 8.38. The Morgan fingerprint density at radius 2 is 2.00 bits per heavy atom. The van der Waals surface area contributed by atoms with Crippen LogP contribution in [0, 0.1) is 0 Å². The summed E-state index contributed by atoms with van der Waals surface area (Å²) in [6.07, 6.45) is 6.35. The van der Waals surface area contributed by atoms with Gasteiger partial charge in [-0.1, -0.05) is 29.8 Å². The predicted molar refractivity (Wildman–Crippen MR) is 64.2 cm³/mol. The summed E-state index contributed by atoms with van der Waals surface area (Å²) in [6, 6.07) is 8.93. The third kappa shape index (κ3) is 2.38. The van der Waals surface area contributed by atoms with Crippen LogP contribution in [-0.4, -0.2) is 17.1 Å². The SMILES string of the molecule is O=C(c1ccccc1)N1C=C(Cl)C=CC=N1. The van der Waals surface area contributed by atoms with Gasteiger partial charge in [0.25, 0.3) is 5.91 Å². The predicted octanol–water partition coefficient (Wildman–Crippen LogP) is 2.76. The fourth-order valence-corrected chi connectivity index (χ4v) is 1.43. The summed E-state index contributed by atoms with van der Waals surface area (Å²) in [5, 5.41) is 5.64. The summed E-state index contributed by atoms with van der Waals surface area (Å²) in [6.45, 7) is 0. The fraction of sp³-hybridized carbons (Fsp3) is 0. The standard InChI is InChI=1S/C12H9ClN2O/c13-11-7-4-8-14-15(9-11)12(16)10-5-2-1-3-6-10/h1-9H. The van der Waals surface area contributed by atoms with Crippen molar-refractivity contribution in [1.82, 2.24) is 5.01 Å². The second-order valence-corrected chi connectivity index (χ2v) is 3.59. The van der Waals surface area contributed by atoms with Crippen molar-refractivity contribution < 1.29 is 4.79 Å². The van der Waals surface area contributed by atoms with E-state index in [0.29, 0.717) is 10.6 Å². The molecule has 1 amide bonds. The molecule has 0 atom stereocenters. The Bertz CT molecular complexity index is 477. The monoisotopic (exact) mass is 232 g/mol. The van der Waals surface area contributed by atoms with E-state index >= 15 is 0 Å². The Balaban J connectivity index is 2.26. The molecule has 0 fully saturated rings. The van der Waals surface area contributed by atoms with Crippen LogP contribution in [0.25, 0.3) is 0 Å². The lowest BCUT2D eigenvalue weighted by Gasteiger charge is -2.11.